The van der Waals surface area contributed by atoms with Crippen molar-refractivity contribution in [2.75, 3.05) is 0 Å². The van der Waals surface area contributed by atoms with Gasteiger partial charge < -0.3 is 5.73 Å². The van der Waals surface area contributed by atoms with Crippen molar-refractivity contribution in [3.8, 4) is 0 Å². The average molecular weight is 406 g/mol. The van der Waals surface area contributed by atoms with Crippen LogP contribution in [0.15, 0.2) is 6.07 Å². The topological polar surface area (TPSA) is 23.8 Å². The number of hydrogen-bond acceptors (Lipinski definition) is 0. The molecule has 1 aromatic carbocycles. The summed E-state index contributed by atoms with van der Waals surface area (Å²) in [5.74, 6) is 2.87. The molecule has 4 bridgehead atoms. The van der Waals surface area contributed by atoms with Gasteiger partial charge in [0.15, 0.2) is 0 Å². The van der Waals surface area contributed by atoms with Gasteiger partial charge >= 0.3 is 51.3 Å². The summed E-state index contributed by atoms with van der Waals surface area (Å²) in [5.41, 5.74) is 15.0. The van der Waals surface area contributed by atoms with Crippen molar-refractivity contribution in [3.05, 3.63) is 34.1 Å². The quantitative estimate of drug-likeness (QED) is 0.348. The first-order valence-corrected chi connectivity index (χ1v) is 14.9. The zero-order valence-corrected chi connectivity index (χ0v) is 20.7. The second-order valence-electron chi connectivity index (χ2n) is 9.80. The first-order valence-electron chi connectivity index (χ1n) is 10.5. The Morgan fingerprint density at radius 1 is 1.08 bits per heavy atom. The molecule has 0 atom stereocenters. The third kappa shape index (κ3) is 5.87. The van der Waals surface area contributed by atoms with Crippen LogP contribution in [0.1, 0.15) is 74.6 Å². The van der Waals surface area contributed by atoms with E-state index in [0.717, 1.165) is 23.3 Å². The van der Waals surface area contributed by atoms with E-state index in [0.29, 0.717) is 0 Å². The van der Waals surface area contributed by atoms with Crippen molar-refractivity contribution in [1.29, 1.82) is 0 Å². The molecule has 0 heterocycles. The standard InChI is InChI=1S/C10H16N.C9H13.C4H10Si.Ti/c11-10-4-7-1-8(5-10)3-9(2-7)6-10;1-6-5-7(2)9(4)8(6)3;1-4(2)5-3;/h7-9,11H,1-6H2;5H,1-4H3;4H,1-3H3;/q2*-1;;+2. The van der Waals surface area contributed by atoms with Crippen molar-refractivity contribution in [1.82, 2.24) is 0 Å². The molecule has 0 aromatic heterocycles. The summed E-state index contributed by atoms with van der Waals surface area (Å²) in [6.45, 7) is 15.6. The second-order valence-corrected chi connectivity index (χ2v) is 16.0. The minimum atomic E-state index is 0.0484. The molecule has 4 saturated carbocycles. The predicted molar refractivity (Wildman–Crippen MR) is 113 cm³/mol. The van der Waals surface area contributed by atoms with E-state index >= 15 is 0 Å². The SMILES string of the molecule is CC(C)[Si](C)=[Ti+2].Cc1c[c-](C)c(C)c1C.[NH-]C12CC3CC(CC(C3)C1)C2. The first-order chi connectivity index (χ1) is 12.0. The molecule has 4 aliphatic carbocycles. The van der Waals surface area contributed by atoms with Gasteiger partial charge in [0.25, 0.3) is 0 Å². The zero-order chi connectivity index (χ0) is 19.6. The summed E-state index contributed by atoms with van der Waals surface area (Å²) in [6, 6.07) is 2.24. The van der Waals surface area contributed by atoms with E-state index < -0.39 is 0 Å². The van der Waals surface area contributed by atoms with Gasteiger partial charge in [-0.1, -0.05) is 47.0 Å². The summed E-state index contributed by atoms with van der Waals surface area (Å²) in [5, 5.41) is 0. The molecule has 0 radical (unpaired) electrons. The smallest absolute Gasteiger partial charge is 0.0420 e. The fourth-order valence-corrected chi connectivity index (χ4v) is 5.24. The van der Waals surface area contributed by atoms with Crippen LogP contribution in [-0.4, -0.2) is 11.7 Å². The Morgan fingerprint density at radius 2 is 1.46 bits per heavy atom. The van der Waals surface area contributed by atoms with E-state index in [4.69, 9.17) is 5.73 Å². The van der Waals surface area contributed by atoms with Gasteiger partial charge in [-0.15, -0.1) is 5.54 Å². The van der Waals surface area contributed by atoms with Crippen LogP contribution in [0, 0.1) is 45.4 Å². The normalized spacial score (nSPS) is 31.3. The van der Waals surface area contributed by atoms with Crippen molar-refractivity contribution in [3.63, 3.8) is 0 Å². The monoisotopic (exact) mass is 405 g/mol. The maximum Gasteiger partial charge on any atom is -0.0420 e. The first kappa shape index (κ1) is 22.5. The molecule has 0 saturated heterocycles. The van der Waals surface area contributed by atoms with E-state index in [9.17, 15) is 0 Å². The van der Waals surface area contributed by atoms with E-state index in [-0.39, 0.29) is 11.7 Å². The molecule has 26 heavy (non-hydrogen) atoms. The largest absolute Gasteiger partial charge is 0.672 e. The summed E-state index contributed by atoms with van der Waals surface area (Å²) < 4.78 is 0. The van der Waals surface area contributed by atoms with E-state index in [1.54, 1.807) is 0 Å². The molecule has 0 amide bonds. The van der Waals surface area contributed by atoms with Gasteiger partial charge in [-0.05, 0) is 37.0 Å². The van der Waals surface area contributed by atoms with Gasteiger partial charge in [-0.2, -0.15) is 28.3 Å². The predicted octanol–water partition coefficient (Wildman–Crippen LogP) is 7.21. The Kier molecular flexibility index (Phi) is 7.94. The van der Waals surface area contributed by atoms with Crippen molar-refractivity contribution in [2.45, 2.75) is 97.7 Å². The van der Waals surface area contributed by atoms with Crippen LogP contribution in [0.2, 0.25) is 12.1 Å². The average Bonchev–Trinajstić information content (AvgIpc) is 2.72. The molecule has 144 valence electrons. The minimum absolute atomic E-state index is 0.0484. The van der Waals surface area contributed by atoms with Crippen molar-refractivity contribution in [2.24, 2.45) is 17.8 Å². The van der Waals surface area contributed by atoms with Crippen molar-refractivity contribution >= 4 is 6.19 Å². The third-order valence-corrected chi connectivity index (χ3v) is 11.5. The van der Waals surface area contributed by atoms with E-state index in [2.05, 4.69) is 73.3 Å². The van der Waals surface area contributed by atoms with Gasteiger partial charge in [0, 0.05) is 0 Å². The fraction of sp³-hybridized carbons (Fsp3) is 0.783. The Balaban J connectivity index is 0.000000148. The van der Waals surface area contributed by atoms with Crippen LogP contribution in [0.3, 0.4) is 0 Å². The summed E-state index contributed by atoms with van der Waals surface area (Å²) in [4.78, 5) is 0. The van der Waals surface area contributed by atoms with Gasteiger partial charge in [0.05, 0.1) is 0 Å². The maximum atomic E-state index is 8.21. The number of hydrogen-bond donors (Lipinski definition) is 0. The zero-order valence-electron chi connectivity index (χ0n) is 18.1. The third-order valence-electron chi connectivity index (χ3n) is 7.08. The Hall–Kier alpha value is 0.241. The van der Waals surface area contributed by atoms with Crippen LogP contribution >= 0.6 is 0 Å². The number of nitrogens with one attached hydrogen (secondary N) is 1. The van der Waals surface area contributed by atoms with Gasteiger partial charge in [0.2, 0.25) is 0 Å². The Bertz CT molecular complexity index is 571. The molecule has 0 unspecified atom stereocenters. The Morgan fingerprint density at radius 3 is 1.62 bits per heavy atom. The van der Waals surface area contributed by atoms with Crippen LogP contribution in [-0.2, 0) is 19.2 Å². The summed E-state index contributed by atoms with van der Waals surface area (Å²) in [7, 11) is 0. The number of aryl methyl sites for hydroxylation is 2. The van der Waals surface area contributed by atoms with Gasteiger partial charge in [-0.25, -0.2) is 0 Å². The van der Waals surface area contributed by atoms with E-state index in [1.165, 1.54) is 60.8 Å². The molecule has 1 nitrogen and oxygen atoms in total. The molecule has 0 aliphatic heterocycles. The van der Waals surface area contributed by atoms with E-state index in [1.807, 2.05) is 0 Å². The van der Waals surface area contributed by atoms with Gasteiger partial charge in [0.1, 0.15) is 0 Å². The number of rotatable bonds is 1. The molecule has 3 heteroatoms. The maximum absolute atomic E-state index is 8.21. The summed E-state index contributed by atoms with van der Waals surface area (Å²) >= 11 is 2.34. The summed E-state index contributed by atoms with van der Waals surface area (Å²) in [6.07, 6.45) is 8.16. The molecule has 1 aromatic rings. The van der Waals surface area contributed by atoms with Crippen LogP contribution in [0.4, 0.5) is 0 Å². The molecule has 1 N–H and O–H groups in total. The molecular weight excluding hydrogens is 366 g/mol. The van der Waals surface area contributed by atoms with Crippen LogP contribution in [0.5, 0.6) is 0 Å². The van der Waals surface area contributed by atoms with Crippen LogP contribution < -0.4 is 0 Å². The minimum Gasteiger partial charge on any atom is -0.672 e. The molecular formula is C23H39NSiTi. The van der Waals surface area contributed by atoms with Crippen molar-refractivity contribution < 1.29 is 19.2 Å². The van der Waals surface area contributed by atoms with Crippen LogP contribution in [0.25, 0.3) is 5.73 Å². The second kappa shape index (κ2) is 9.16. The Labute approximate surface area is 174 Å². The molecule has 4 aliphatic rings. The molecule has 0 spiro atoms. The molecule has 5 rings (SSSR count). The fourth-order valence-electron chi connectivity index (χ4n) is 5.24. The molecule has 4 fully saturated rings. The van der Waals surface area contributed by atoms with Gasteiger partial charge in [-0.3, -0.25) is 0 Å².